The van der Waals surface area contributed by atoms with E-state index in [0.717, 1.165) is 84.4 Å². The summed E-state index contributed by atoms with van der Waals surface area (Å²) < 4.78 is -0.369. The Morgan fingerprint density at radius 3 is 1.77 bits per heavy atom. The Labute approximate surface area is 351 Å². The smallest absolute Gasteiger partial charge is 0.260 e. The number of amides is 2. The van der Waals surface area contributed by atoms with E-state index >= 15 is 0 Å². The fraction of sp³-hybridized carbons (Fsp3) is 0.400. The number of aryl methyl sites for hydroxylation is 3. The lowest BCUT2D eigenvalue weighted by molar-refractivity contribution is -0.109. The van der Waals surface area contributed by atoms with Crippen molar-refractivity contribution < 1.29 is 24.6 Å². The molecule has 2 N–H and O–H groups in total. The van der Waals surface area contributed by atoms with Crippen LogP contribution in [0.3, 0.4) is 0 Å². The van der Waals surface area contributed by atoms with Gasteiger partial charge in [-0.25, -0.2) is 0 Å². The summed E-state index contributed by atoms with van der Waals surface area (Å²) in [5.41, 5.74) is 9.19. The standard InChI is InChI=1S/C22H26N2O2S2.C18H17NO2.C5H10OS2/c1-14-9-17-19(11-20(14)25)23(13-22(2,3)28(4)27)12-16-10-15-7-5-6-8-18(15)24(16)21(17)26;1-11-8-15-12(10-17(11)20)6-7-14-9-13-4-2-3-5-16(13)19(14)18(15)21;1-5(2,4-6)8(3)7/h5-9,11,16,25H,10,12-13H2,1-4H3;2-5,8,10,14,20H,6-7,9H2,1H3;4H,1-3H3/t16-,28?;14-;/m01./s1. The Morgan fingerprint density at radius 1 is 0.719 bits per heavy atom. The summed E-state index contributed by atoms with van der Waals surface area (Å²) >= 11 is 10.5. The summed E-state index contributed by atoms with van der Waals surface area (Å²) in [6.45, 7) is 13.2. The molecule has 0 fully saturated rings. The minimum Gasteiger partial charge on any atom is -0.508 e. The van der Waals surface area contributed by atoms with E-state index in [4.69, 9.17) is 22.4 Å². The van der Waals surface area contributed by atoms with Gasteiger partial charge >= 0.3 is 0 Å². The summed E-state index contributed by atoms with van der Waals surface area (Å²) in [7, 11) is -0.405. The van der Waals surface area contributed by atoms with Crippen LogP contribution in [-0.2, 0) is 65.3 Å². The molecule has 0 aromatic heterocycles. The second-order valence-corrected chi connectivity index (χ2v) is 23.6. The molecular formula is C45H53N3O5S4. The minimum atomic E-state index is -0.296. The summed E-state index contributed by atoms with van der Waals surface area (Å²) in [6, 6.07) is 23.8. The van der Waals surface area contributed by atoms with Crippen LogP contribution in [0.15, 0.2) is 72.8 Å². The van der Waals surface area contributed by atoms with Gasteiger partial charge in [0.2, 0.25) is 0 Å². The van der Waals surface area contributed by atoms with Gasteiger partial charge in [-0.2, -0.15) is 0 Å². The van der Waals surface area contributed by atoms with Crippen LogP contribution in [0.5, 0.6) is 11.5 Å². The van der Waals surface area contributed by atoms with Crippen molar-refractivity contribution in [3.63, 3.8) is 0 Å². The average Bonchev–Trinajstić information content (AvgIpc) is 3.66. The van der Waals surface area contributed by atoms with Crippen LogP contribution in [0.1, 0.15) is 82.6 Å². The van der Waals surface area contributed by atoms with Gasteiger partial charge in [0.15, 0.2) is 0 Å². The molecule has 4 aromatic carbocycles. The molecule has 4 aliphatic heterocycles. The molecule has 4 heterocycles. The summed E-state index contributed by atoms with van der Waals surface area (Å²) in [4.78, 5) is 43.0. The van der Waals surface area contributed by atoms with Gasteiger partial charge in [0, 0.05) is 46.9 Å². The molecule has 4 aromatic rings. The van der Waals surface area contributed by atoms with Crippen LogP contribution in [0.25, 0.3) is 0 Å². The number of rotatable bonds is 5. The zero-order chi connectivity index (χ0) is 41.6. The molecule has 8 rings (SSSR count). The highest BCUT2D eigenvalue weighted by atomic mass is 32.8. The van der Waals surface area contributed by atoms with E-state index in [1.165, 1.54) is 11.1 Å². The maximum atomic E-state index is 13.6. The zero-order valence-electron chi connectivity index (χ0n) is 34.0. The molecule has 0 aliphatic carbocycles. The fourth-order valence-electron chi connectivity index (χ4n) is 7.81. The first-order chi connectivity index (χ1) is 26.8. The third-order valence-corrected chi connectivity index (χ3v) is 17.6. The number of carbonyl (C=O) groups is 3. The molecule has 57 heavy (non-hydrogen) atoms. The molecule has 2 amide bonds. The van der Waals surface area contributed by atoms with E-state index in [9.17, 15) is 24.6 Å². The van der Waals surface area contributed by atoms with E-state index in [-0.39, 0.29) is 63.8 Å². The zero-order valence-corrected chi connectivity index (χ0v) is 37.3. The number of hydrogen-bond acceptors (Lipinski definition) is 8. The Morgan fingerprint density at radius 2 is 1.23 bits per heavy atom. The van der Waals surface area contributed by atoms with Crippen LogP contribution in [-0.4, -0.2) is 75.5 Å². The summed E-state index contributed by atoms with van der Waals surface area (Å²) in [5.74, 6) is 0.595. The van der Waals surface area contributed by atoms with Gasteiger partial charge in [-0.1, -0.05) is 58.8 Å². The first-order valence-electron chi connectivity index (χ1n) is 19.2. The molecule has 302 valence electrons. The van der Waals surface area contributed by atoms with Crippen LogP contribution in [0.2, 0.25) is 0 Å². The van der Waals surface area contributed by atoms with Gasteiger partial charge in [0.1, 0.15) is 17.8 Å². The number of phenols is 2. The Kier molecular flexibility index (Phi) is 12.5. The number of phenolic OH excluding ortho intramolecular Hbond substituents is 2. The number of fused-ring (bicyclic) bond motifs is 8. The molecular weight excluding hydrogens is 791 g/mol. The van der Waals surface area contributed by atoms with Crippen LogP contribution >= 0.6 is 0 Å². The van der Waals surface area contributed by atoms with Crippen LogP contribution in [0, 0.1) is 13.8 Å². The van der Waals surface area contributed by atoms with E-state index < -0.39 is 0 Å². The van der Waals surface area contributed by atoms with Crippen LogP contribution < -0.4 is 14.7 Å². The highest BCUT2D eigenvalue weighted by Crippen LogP contribution is 2.41. The maximum absolute atomic E-state index is 13.6. The van der Waals surface area contributed by atoms with Crippen molar-refractivity contribution >= 4 is 76.4 Å². The molecule has 4 aliphatic rings. The monoisotopic (exact) mass is 843 g/mol. The van der Waals surface area contributed by atoms with Gasteiger partial charge in [-0.15, -0.1) is 18.9 Å². The Balaban J connectivity index is 0.000000166. The number of anilines is 3. The van der Waals surface area contributed by atoms with Crippen molar-refractivity contribution in [3.05, 3.63) is 112 Å². The second kappa shape index (κ2) is 16.7. The predicted molar refractivity (Wildman–Crippen MR) is 243 cm³/mol. The number of benzene rings is 4. The molecule has 0 saturated heterocycles. The highest BCUT2D eigenvalue weighted by molar-refractivity contribution is 8.29. The fourth-order valence-corrected chi connectivity index (χ4v) is 8.56. The Hall–Kier alpha value is -3.97. The third-order valence-electron chi connectivity index (χ3n) is 11.7. The topological polar surface area (TPSA) is 101 Å². The molecule has 0 saturated carbocycles. The minimum absolute atomic E-state index is 0.0160. The van der Waals surface area contributed by atoms with Gasteiger partial charge in [0.25, 0.3) is 11.8 Å². The number of carbonyl (C=O) groups excluding carboxylic acids is 3. The first kappa shape index (κ1) is 42.6. The van der Waals surface area contributed by atoms with E-state index in [1.54, 1.807) is 12.1 Å². The van der Waals surface area contributed by atoms with E-state index in [2.05, 4.69) is 37.1 Å². The molecule has 4 atom stereocenters. The van der Waals surface area contributed by atoms with Crippen molar-refractivity contribution in [1.82, 2.24) is 0 Å². The molecule has 2 unspecified atom stereocenters. The van der Waals surface area contributed by atoms with Gasteiger partial charge in [-0.05, 0) is 138 Å². The summed E-state index contributed by atoms with van der Waals surface area (Å²) in [6.07, 6.45) is 8.46. The van der Waals surface area contributed by atoms with E-state index in [0.29, 0.717) is 5.56 Å². The molecule has 0 radical (unpaired) electrons. The summed E-state index contributed by atoms with van der Waals surface area (Å²) in [5, 5.41) is 20.3. The van der Waals surface area contributed by atoms with Gasteiger partial charge < -0.3 is 29.7 Å². The average molecular weight is 844 g/mol. The predicted octanol–water partition coefficient (Wildman–Crippen LogP) is 7.47. The van der Waals surface area contributed by atoms with E-state index in [1.807, 2.05) is 92.3 Å². The SMILES string of the molecule is CS(=S)C(C)(C)C=O.Cc1cc2c(cc1O)CC[C@@H]1Cc3ccccc3N1C2=O.Cc1cc2c(cc1O)N(CC(C)(C)S(C)=S)C[C@@H]1Cc3ccccc3N1C2=O. The number of nitrogens with zero attached hydrogens (tertiary/aromatic N) is 3. The van der Waals surface area contributed by atoms with Gasteiger partial charge in [0.05, 0.1) is 22.0 Å². The van der Waals surface area contributed by atoms with Crippen molar-refractivity contribution in [3.8, 4) is 11.5 Å². The quantitative estimate of drug-likeness (QED) is 0.200. The maximum Gasteiger partial charge on any atom is 0.260 e. The molecule has 12 heteroatoms. The van der Waals surface area contributed by atoms with Crippen molar-refractivity contribution in [2.75, 3.05) is 40.3 Å². The largest absolute Gasteiger partial charge is 0.508 e. The first-order valence-corrected chi connectivity index (χ1v) is 24.3. The lowest BCUT2D eigenvalue weighted by Gasteiger charge is -2.35. The third kappa shape index (κ3) is 8.60. The molecule has 0 spiro atoms. The Bertz CT molecular complexity index is 2290. The van der Waals surface area contributed by atoms with Gasteiger partial charge in [-0.3, -0.25) is 9.59 Å². The molecule has 0 bridgehead atoms. The lowest BCUT2D eigenvalue weighted by Crippen LogP contribution is -2.47. The normalized spacial score (nSPS) is 19.1. The van der Waals surface area contributed by atoms with Crippen molar-refractivity contribution in [1.29, 1.82) is 0 Å². The number of aromatic hydroxyl groups is 2. The second-order valence-electron chi connectivity index (χ2n) is 16.6. The van der Waals surface area contributed by atoms with Crippen molar-refractivity contribution in [2.24, 2.45) is 0 Å². The number of aldehydes is 1. The number of hydrogen-bond donors (Lipinski definition) is 2. The number of para-hydroxylation sites is 2. The van der Waals surface area contributed by atoms with Crippen molar-refractivity contribution in [2.45, 2.75) is 88.8 Å². The van der Waals surface area contributed by atoms with Crippen LogP contribution in [0.4, 0.5) is 17.1 Å². The molecule has 8 nitrogen and oxygen atoms in total. The lowest BCUT2D eigenvalue weighted by atomic mass is 9.98. The highest BCUT2D eigenvalue weighted by Gasteiger charge is 2.41.